The lowest BCUT2D eigenvalue weighted by atomic mass is 9.39. The van der Waals surface area contributed by atoms with Crippen molar-refractivity contribution in [3.8, 4) is 0 Å². The first-order valence-electron chi connectivity index (χ1n) is 15.1. The molecule has 0 bridgehead atoms. The molecule has 43 heavy (non-hydrogen) atoms. The van der Waals surface area contributed by atoms with Crippen LogP contribution >= 0.6 is 0 Å². The molecule has 0 spiro atoms. The lowest BCUT2D eigenvalue weighted by Gasteiger charge is -2.71. The fourth-order valence-corrected chi connectivity index (χ4v) is 8.30. The van der Waals surface area contributed by atoms with Gasteiger partial charge in [0.05, 0.1) is 18.2 Å². The monoisotopic (exact) mass is 608 g/mol. The summed E-state index contributed by atoms with van der Waals surface area (Å²) in [5.41, 5.74) is -7.82. The summed E-state index contributed by atoms with van der Waals surface area (Å²) in [5.74, 6) is -3.67. The first-order chi connectivity index (χ1) is 19.8. The number of hydrogen-bond donors (Lipinski definition) is 2. The number of aliphatic hydroxyl groups is 2. The van der Waals surface area contributed by atoms with Crippen LogP contribution in [0.2, 0.25) is 0 Å². The number of carbonyl (C=O) groups is 4. The van der Waals surface area contributed by atoms with Crippen molar-refractivity contribution in [1.29, 1.82) is 0 Å². The van der Waals surface area contributed by atoms with E-state index in [4.69, 9.17) is 18.9 Å². The molecule has 2 N–H and O–H groups in total. The van der Waals surface area contributed by atoms with E-state index in [9.17, 15) is 29.4 Å². The molecule has 8 atom stereocenters. The number of hydrogen-bond acceptors (Lipinski definition) is 12. The summed E-state index contributed by atoms with van der Waals surface area (Å²) in [6.07, 6.45) is -1.94. The van der Waals surface area contributed by atoms with Crippen molar-refractivity contribution in [3.05, 3.63) is 12.7 Å². The molecular formula is C31H48N2O10. The van der Waals surface area contributed by atoms with Gasteiger partial charge in [-0.2, -0.15) is 0 Å². The van der Waals surface area contributed by atoms with Crippen molar-refractivity contribution in [2.45, 2.75) is 95.9 Å². The van der Waals surface area contributed by atoms with Gasteiger partial charge in [0, 0.05) is 50.9 Å². The third kappa shape index (κ3) is 5.54. The number of Topliss-reactive ketones (excluding diaryl/α,β-unsaturated/α-hetero) is 1. The van der Waals surface area contributed by atoms with Gasteiger partial charge in [-0.15, -0.1) is 6.58 Å². The van der Waals surface area contributed by atoms with Gasteiger partial charge in [-0.3, -0.25) is 19.3 Å². The molecule has 2 saturated heterocycles. The zero-order chi connectivity index (χ0) is 32.2. The molecule has 2 heterocycles. The molecule has 12 heteroatoms. The second-order valence-corrected chi connectivity index (χ2v) is 14.1. The molecule has 0 aromatic carbocycles. The minimum absolute atomic E-state index is 0.0295. The van der Waals surface area contributed by atoms with Crippen LogP contribution in [-0.2, 0) is 38.1 Å². The Bertz CT molecular complexity index is 1150. The topological polar surface area (TPSA) is 152 Å². The van der Waals surface area contributed by atoms with Crippen LogP contribution in [0.15, 0.2) is 12.7 Å². The minimum Gasteiger partial charge on any atom is -0.455 e. The van der Waals surface area contributed by atoms with Gasteiger partial charge in [-0.1, -0.05) is 26.8 Å². The number of nitrogens with zero attached hydrogens (tertiary/aromatic N) is 2. The zero-order valence-corrected chi connectivity index (χ0v) is 26.5. The summed E-state index contributed by atoms with van der Waals surface area (Å²) in [5, 5.41) is 24.2. The Morgan fingerprint density at radius 3 is 2.28 bits per heavy atom. The van der Waals surface area contributed by atoms with E-state index in [1.165, 1.54) is 19.9 Å². The highest BCUT2D eigenvalue weighted by atomic mass is 16.6. The molecule has 0 amide bonds. The maximum atomic E-state index is 14.1. The lowest BCUT2D eigenvalue weighted by Crippen LogP contribution is -2.87. The molecule has 4 rings (SSSR count). The number of fused-ring (bicyclic) bond motifs is 3. The van der Waals surface area contributed by atoms with Gasteiger partial charge in [-0.25, -0.2) is 4.79 Å². The van der Waals surface area contributed by atoms with Crippen LogP contribution < -0.4 is 0 Å². The summed E-state index contributed by atoms with van der Waals surface area (Å²) in [7, 11) is 2.00. The van der Waals surface area contributed by atoms with Crippen LogP contribution in [0.4, 0.5) is 0 Å². The molecule has 12 nitrogen and oxygen atoms in total. The molecule has 0 unspecified atom stereocenters. The van der Waals surface area contributed by atoms with Crippen molar-refractivity contribution in [2.75, 3.05) is 46.4 Å². The molecule has 4 aliphatic rings. The van der Waals surface area contributed by atoms with E-state index < -0.39 is 82.2 Å². The predicted octanol–water partition coefficient (Wildman–Crippen LogP) is 0.861. The Morgan fingerprint density at radius 2 is 1.70 bits per heavy atom. The number of piperazine rings is 1. The van der Waals surface area contributed by atoms with Gasteiger partial charge < -0.3 is 34.1 Å². The number of ketones is 1. The van der Waals surface area contributed by atoms with Crippen LogP contribution in [0, 0.1) is 16.7 Å². The smallest absolute Gasteiger partial charge is 0.344 e. The molecule has 0 aromatic heterocycles. The Labute approximate surface area is 253 Å². The van der Waals surface area contributed by atoms with E-state index in [0.717, 1.165) is 13.1 Å². The first-order valence-corrected chi connectivity index (χ1v) is 15.1. The highest BCUT2D eigenvalue weighted by molar-refractivity contribution is 5.92. The van der Waals surface area contributed by atoms with E-state index in [1.807, 2.05) is 25.8 Å². The second kappa shape index (κ2) is 11.5. The quantitative estimate of drug-likeness (QED) is 0.240. The summed E-state index contributed by atoms with van der Waals surface area (Å²) < 4.78 is 23.6. The Balaban J connectivity index is 1.70. The van der Waals surface area contributed by atoms with Crippen molar-refractivity contribution in [1.82, 2.24) is 9.80 Å². The highest BCUT2D eigenvalue weighted by Crippen LogP contribution is 2.67. The minimum atomic E-state index is -2.33. The standard InChI is InChI=1S/C31H48N2O10/c1-9-28(5)16-21(36)31(39)29(6)20(35)10-11-27(3,4)25(29)24(26(41-19(2)34)30(31,7)43-28)42-23(38)18-40-22(37)17-33-14-12-32(8)13-15-33/h9,20,24-26,35,39H,1,10-18H2,2-8H3/t20-,24-,25-,26-,28-,29-,30+,31-/m0/s1. The zero-order valence-electron chi connectivity index (χ0n) is 26.5. The van der Waals surface area contributed by atoms with Crippen molar-refractivity contribution in [2.24, 2.45) is 16.7 Å². The van der Waals surface area contributed by atoms with Gasteiger partial charge in [0.25, 0.3) is 0 Å². The van der Waals surface area contributed by atoms with Crippen LogP contribution in [0.3, 0.4) is 0 Å². The summed E-state index contributed by atoms with van der Waals surface area (Å²) >= 11 is 0. The van der Waals surface area contributed by atoms with Gasteiger partial charge in [0.1, 0.15) is 11.7 Å². The number of carbonyl (C=O) groups excluding carboxylic acids is 4. The molecule has 242 valence electrons. The van der Waals surface area contributed by atoms with Crippen LogP contribution in [0.25, 0.3) is 0 Å². The van der Waals surface area contributed by atoms with Gasteiger partial charge in [-0.05, 0) is 39.2 Å². The first kappa shape index (κ1) is 33.5. The van der Waals surface area contributed by atoms with E-state index >= 15 is 0 Å². The molecular weight excluding hydrogens is 560 g/mol. The predicted molar refractivity (Wildman–Crippen MR) is 154 cm³/mol. The van der Waals surface area contributed by atoms with Crippen LogP contribution in [-0.4, -0.2) is 125 Å². The number of rotatable bonds is 7. The summed E-state index contributed by atoms with van der Waals surface area (Å²) in [4.78, 5) is 56.6. The average Bonchev–Trinajstić information content (AvgIpc) is 2.91. The number of ether oxygens (including phenoxy) is 4. The molecule has 2 saturated carbocycles. The number of aliphatic hydroxyl groups excluding tert-OH is 1. The Kier molecular flexibility index (Phi) is 8.98. The van der Waals surface area contributed by atoms with Crippen molar-refractivity contribution < 1.29 is 48.3 Å². The molecule has 2 aliphatic carbocycles. The maximum absolute atomic E-state index is 14.1. The van der Waals surface area contributed by atoms with Crippen molar-refractivity contribution in [3.63, 3.8) is 0 Å². The molecule has 0 aromatic rings. The summed E-state index contributed by atoms with van der Waals surface area (Å²) in [6, 6.07) is 0. The van der Waals surface area contributed by atoms with E-state index in [2.05, 4.69) is 11.5 Å². The van der Waals surface area contributed by atoms with Gasteiger partial charge in [0.2, 0.25) is 0 Å². The molecule has 0 radical (unpaired) electrons. The van der Waals surface area contributed by atoms with E-state index in [1.54, 1.807) is 13.8 Å². The van der Waals surface area contributed by atoms with Gasteiger partial charge in [0.15, 0.2) is 24.1 Å². The fraction of sp³-hybridized carbons (Fsp3) is 0.806. The Morgan fingerprint density at radius 1 is 1.07 bits per heavy atom. The van der Waals surface area contributed by atoms with Crippen LogP contribution in [0.5, 0.6) is 0 Å². The molecule has 2 aliphatic heterocycles. The summed E-state index contributed by atoms with van der Waals surface area (Å²) in [6.45, 7) is 15.8. The third-order valence-electron chi connectivity index (χ3n) is 10.6. The second-order valence-electron chi connectivity index (χ2n) is 14.1. The van der Waals surface area contributed by atoms with E-state index in [-0.39, 0.29) is 19.4 Å². The van der Waals surface area contributed by atoms with Crippen molar-refractivity contribution >= 4 is 23.7 Å². The largest absolute Gasteiger partial charge is 0.455 e. The van der Waals surface area contributed by atoms with Gasteiger partial charge >= 0.3 is 17.9 Å². The Hall–Kier alpha value is -2.38. The van der Waals surface area contributed by atoms with Crippen LogP contribution in [0.1, 0.15) is 60.8 Å². The highest BCUT2D eigenvalue weighted by Gasteiger charge is 2.82. The number of likely N-dealkylation sites (N-methyl/N-ethyl adjacent to an activating group) is 1. The average molecular weight is 609 g/mol. The molecule has 4 fully saturated rings. The lowest BCUT2D eigenvalue weighted by molar-refractivity contribution is -0.371. The van der Waals surface area contributed by atoms with E-state index in [0.29, 0.717) is 19.5 Å². The number of esters is 3. The third-order valence-corrected chi connectivity index (χ3v) is 10.6. The SMILES string of the molecule is C=C[C@@]1(C)CC(=O)[C@]2(O)[C@@]3(C)[C@@H](O)CCC(C)(C)[C@@H]3[C@H](OC(=O)COC(=O)CN3CCN(C)CC3)[C@H](OC(C)=O)[C@@]2(C)O1. The fourth-order valence-electron chi connectivity index (χ4n) is 8.30. The normalized spacial score (nSPS) is 41.4. The maximum Gasteiger partial charge on any atom is 0.344 e.